The summed E-state index contributed by atoms with van der Waals surface area (Å²) in [6.07, 6.45) is 6.07. The van der Waals surface area contributed by atoms with Crippen molar-refractivity contribution in [3.8, 4) is 11.5 Å². The molecule has 3 fully saturated rings. The van der Waals surface area contributed by atoms with Crippen molar-refractivity contribution in [2.24, 2.45) is 0 Å². The highest BCUT2D eigenvalue weighted by Gasteiger charge is 2.53. The van der Waals surface area contributed by atoms with Crippen LogP contribution in [0, 0.1) is 6.92 Å². The fourth-order valence-corrected chi connectivity index (χ4v) is 6.90. The van der Waals surface area contributed by atoms with Crippen molar-refractivity contribution in [2.45, 2.75) is 69.0 Å². The van der Waals surface area contributed by atoms with Crippen molar-refractivity contribution in [1.82, 2.24) is 10.2 Å². The standard InChI is InChI=1S/C29H38ClN3O4/c1-19-4-6-21(30)17-24(19)32-28(34)31-22-8-11-29(20-5-7-25(35-2)26(16-20)36-3)12-13-33(27(29)18-22)23-9-14-37-15-10-23/h4-7,16-17,22-23,27H,8-15,18H2,1-3H3,(H2,31,32,34)/t22-,27+,29-/m0/s1. The topological polar surface area (TPSA) is 72.1 Å². The van der Waals surface area contributed by atoms with Gasteiger partial charge in [0.2, 0.25) is 0 Å². The highest BCUT2D eigenvalue weighted by molar-refractivity contribution is 6.31. The molecule has 2 aromatic rings. The van der Waals surface area contributed by atoms with E-state index >= 15 is 0 Å². The molecule has 2 saturated heterocycles. The summed E-state index contributed by atoms with van der Waals surface area (Å²) in [5.74, 6) is 1.52. The number of nitrogens with zero attached hydrogens (tertiary/aromatic N) is 1. The van der Waals surface area contributed by atoms with Crippen molar-refractivity contribution >= 4 is 23.3 Å². The number of anilines is 1. The Hall–Kier alpha value is -2.48. The van der Waals surface area contributed by atoms with Crippen LogP contribution in [-0.4, -0.2) is 63.0 Å². The zero-order chi connectivity index (χ0) is 26.0. The quantitative estimate of drug-likeness (QED) is 0.516. The molecule has 0 spiro atoms. The molecule has 7 nitrogen and oxygen atoms in total. The van der Waals surface area contributed by atoms with Crippen LogP contribution in [0.25, 0.3) is 0 Å². The van der Waals surface area contributed by atoms with E-state index in [4.69, 9.17) is 25.8 Å². The van der Waals surface area contributed by atoms with Crippen molar-refractivity contribution in [3.05, 3.63) is 52.5 Å². The average Bonchev–Trinajstić information content (AvgIpc) is 3.30. The molecule has 0 unspecified atom stereocenters. The van der Waals surface area contributed by atoms with Gasteiger partial charge in [0.25, 0.3) is 0 Å². The van der Waals surface area contributed by atoms with Crippen LogP contribution in [0.2, 0.25) is 5.02 Å². The van der Waals surface area contributed by atoms with Gasteiger partial charge < -0.3 is 24.8 Å². The summed E-state index contributed by atoms with van der Waals surface area (Å²) in [6, 6.07) is 12.7. The number of likely N-dealkylation sites (tertiary alicyclic amines) is 1. The number of urea groups is 1. The maximum absolute atomic E-state index is 13.0. The van der Waals surface area contributed by atoms with Crippen molar-refractivity contribution < 1.29 is 19.0 Å². The first kappa shape index (κ1) is 26.1. The Balaban J connectivity index is 1.38. The molecule has 1 aliphatic carbocycles. The number of methoxy groups -OCH3 is 2. The molecule has 200 valence electrons. The van der Waals surface area contributed by atoms with E-state index in [1.165, 1.54) is 5.56 Å². The molecule has 3 aliphatic rings. The van der Waals surface area contributed by atoms with Crippen LogP contribution in [-0.2, 0) is 10.2 Å². The zero-order valence-electron chi connectivity index (χ0n) is 22.0. The Labute approximate surface area is 224 Å². The van der Waals surface area contributed by atoms with Crippen LogP contribution in [0.1, 0.15) is 49.7 Å². The van der Waals surface area contributed by atoms with Gasteiger partial charge in [-0.15, -0.1) is 0 Å². The number of rotatable bonds is 6. The Morgan fingerprint density at radius 1 is 1.05 bits per heavy atom. The highest BCUT2D eigenvalue weighted by atomic mass is 35.5. The molecule has 0 aromatic heterocycles. The summed E-state index contributed by atoms with van der Waals surface area (Å²) < 4.78 is 16.9. The number of hydrogen-bond acceptors (Lipinski definition) is 5. The largest absolute Gasteiger partial charge is 0.493 e. The van der Waals surface area contributed by atoms with Gasteiger partial charge in [0.05, 0.1) is 14.2 Å². The molecule has 37 heavy (non-hydrogen) atoms. The van der Waals surface area contributed by atoms with Gasteiger partial charge in [0, 0.05) is 47.5 Å². The van der Waals surface area contributed by atoms with Gasteiger partial charge >= 0.3 is 6.03 Å². The monoisotopic (exact) mass is 527 g/mol. The number of carbonyl (C=O) groups excluding carboxylic acids is 1. The molecule has 3 atom stereocenters. The number of nitrogens with one attached hydrogen (secondary N) is 2. The molecule has 2 heterocycles. The predicted molar refractivity (Wildman–Crippen MR) is 146 cm³/mol. The summed E-state index contributed by atoms with van der Waals surface area (Å²) in [7, 11) is 3.37. The van der Waals surface area contributed by atoms with Gasteiger partial charge in [-0.2, -0.15) is 0 Å². The summed E-state index contributed by atoms with van der Waals surface area (Å²) >= 11 is 6.15. The summed E-state index contributed by atoms with van der Waals surface area (Å²) in [5, 5.41) is 6.88. The third-order valence-corrected chi connectivity index (χ3v) is 8.94. The summed E-state index contributed by atoms with van der Waals surface area (Å²) in [4.78, 5) is 15.7. The van der Waals surface area contributed by atoms with Gasteiger partial charge in [-0.05, 0) is 87.4 Å². The molecule has 0 bridgehead atoms. The second kappa shape index (κ2) is 11.1. The van der Waals surface area contributed by atoms with Crippen LogP contribution in [0.15, 0.2) is 36.4 Å². The molecule has 2 amide bonds. The maximum Gasteiger partial charge on any atom is 0.319 e. The van der Waals surface area contributed by atoms with E-state index < -0.39 is 0 Å². The van der Waals surface area contributed by atoms with E-state index in [1.807, 2.05) is 25.1 Å². The SMILES string of the molecule is COc1ccc([C@@]23CC[C@H](NC(=O)Nc4cc(Cl)ccc4C)C[C@H]2N(C2CCOCC2)CC3)cc1OC. The fourth-order valence-electron chi connectivity index (χ4n) is 6.72. The number of hydrogen-bond donors (Lipinski definition) is 2. The van der Waals surface area contributed by atoms with Crippen molar-refractivity contribution in [1.29, 1.82) is 0 Å². The maximum atomic E-state index is 13.0. The van der Waals surface area contributed by atoms with E-state index in [-0.39, 0.29) is 17.5 Å². The van der Waals surface area contributed by atoms with Gasteiger partial charge in [0.1, 0.15) is 0 Å². The zero-order valence-corrected chi connectivity index (χ0v) is 22.8. The third-order valence-electron chi connectivity index (χ3n) is 8.70. The first-order chi connectivity index (χ1) is 17.9. The average molecular weight is 528 g/mol. The number of halogens is 1. The second-order valence-electron chi connectivity index (χ2n) is 10.6. The highest BCUT2D eigenvalue weighted by Crippen LogP contribution is 2.51. The molecule has 2 aliphatic heterocycles. The lowest BCUT2D eigenvalue weighted by atomic mass is 9.65. The minimum Gasteiger partial charge on any atom is -0.493 e. The van der Waals surface area contributed by atoms with Crippen LogP contribution in [0.4, 0.5) is 10.5 Å². The molecule has 2 aromatic carbocycles. The molecule has 5 rings (SSSR count). The van der Waals surface area contributed by atoms with Gasteiger partial charge in [0.15, 0.2) is 11.5 Å². The minimum absolute atomic E-state index is 0.0239. The smallest absolute Gasteiger partial charge is 0.319 e. The van der Waals surface area contributed by atoms with Crippen LogP contribution >= 0.6 is 11.6 Å². The van der Waals surface area contributed by atoms with E-state index in [9.17, 15) is 4.79 Å². The van der Waals surface area contributed by atoms with Gasteiger partial charge in [-0.1, -0.05) is 23.7 Å². The number of benzene rings is 2. The normalized spacial score (nSPS) is 26.4. The van der Waals surface area contributed by atoms with Crippen molar-refractivity contribution in [2.75, 3.05) is 39.3 Å². The Bertz CT molecular complexity index is 1120. The van der Waals surface area contributed by atoms with E-state index in [1.54, 1.807) is 20.3 Å². The first-order valence-electron chi connectivity index (χ1n) is 13.3. The molecule has 2 N–H and O–H groups in total. The number of aryl methyl sites for hydroxylation is 1. The predicted octanol–water partition coefficient (Wildman–Crippen LogP) is 5.53. The Morgan fingerprint density at radius 2 is 1.84 bits per heavy atom. The lowest BCUT2D eigenvalue weighted by Crippen LogP contribution is -2.55. The van der Waals surface area contributed by atoms with E-state index in [0.29, 0.717) is 17.1 Å². The Kier molecular flexibility index (Phi) is 7.84. The molecule has 8 heteroatoms. The number of carbonyl (C=O) groups is 1. The molecular weight excluding hydrogens is 490 g/mol. The first-order valence-corrected chi connectivity index (χ1v) is 13.7. The molecule has 0 radical (unpaired) electrons. The van der Waals surface area contributed by atoms with Crippen molar-refractivity contribution in [3.63, 3.8) is 0 Å². The lowest BCUT2D eigenvalue weighted by molar-refractivity contribution is 0.0143. The molecular formula is C29H38ClN3O4. The van der Waals surface area contributed by atoms with Gasteiger partial charge in [-0.3, -0.25) is 4.90 Å². The summed E-state index contributed by atoms with van der Waals surface area (Å²) in [5.41, 5.74) is 3.06. The second-order valence-corrected chi connectivity index (χ2v) is 11.0. The Morgan fingerprint density at radius 3 is 2.59 bits per heavy atom. The summed E-state index contributed by atoms with van der Waals surface area (Å²) in [6.45, 7) is 4.67. The van der Waals surface area contributed by atoms with E-state index in [0.717, 1.165) is 81.0 Å². The third kappa shape index (κ3) is 5.27. The van der Waals surface area contributed by atoms with Gasteiger partial charge in [-0.25, -0.2) is 4.79 Å². The minimum atomic E-state index is -0.176. The van der Waals surface area contributed by atoms with Crippen LogP contribution in [0.3, 0.4) is 0 Å². The number of ether oxygens (including phenoxy) is 3. The molecule has 1 saturated carbocycles. The van der Waals surface area contributed by atoms with Crippen LogP contribution in [0.5, 0.6) is 11.5 Å². The number of amides is 2. The lowest BCUT2D eigenvalue weighted by Gasteiger charge is -2.47. The van der Waals surface area contributed by atoms with E-state index in [2.05, 4.69) is 27.7 Å². The number of fused-ring (bicyclic) bond motifs is 1. The fraction of sp³-hybridized carbons (Fsp3) is 0.552. The van der Waals surface area contributed by atoms with Crippen LogP contribution < -0.4 is 20.1 Å².